The molecule has 78 valence electrons. The third-order valence-electron chi connectivity index (χ3n) is 2.08. The van der Waals surface area contributed by atoms with Crippen molar-refractivity contribution in [1.82, 2.24) is 9.78 Å². The van der Waals surface area contributed by atoms with E-state index in [1.165, 1.54) is 0 Å². The standard InChI is InChI=1S/C10H11BrN4/c11-7-1-3-8(4-2-7)15-9(6-12)5-10(13)14-15/h1-5H,6,12H2,(H2,13,14). The lowest BCUT2D eigenvalue weighted by Gasteiger charge is -2.05. The maximum atomic E-state index is 5.63. The van der Waals surface area contributed by atoms with Crippen LogP contribution in [0.3, 0.4) is 0 Å². The molecular formula is C10H11BrN4. The van der Waals surface area contributed by atoms with Gasteiger partial charge in [0.25, 0.3) is 0 Å². The van der Waals surface area contributed by atoms with Crippen LogP contribution in [-0.4, -0.2) is 9.78 Å². The molecule has 4 N–H and O–H groups in total. The van der Waals surface area contributed by atoms with Crippen molar-refractivity contribution >= 4 is 21.7 Å². The lowest BCUT2D eigenvalue weighted by Crippen LogP contribution is -2.06. The van der Waals surface area contributed by atoms with Gasteiger partial charge < -0.3 is 11.5 Å². The van der Waals surface area contributed by atoms with Crippen LogP contribution >= 0.6 is 15.9 Å². The fraction of sp³-hybridized carbons (Fsp3) is 0.100. The molecule has 1 aromatic carbocycles. The highest BCUT2D eigenvalue weighted by molar-refractivity contribution is 9.10. The van der Waals surface area contributed by atoms with Crippen molar-refractivity contribution in [2.75, 3.05) is 5.73 Å². The quantitative estimate of drug-likeness (QED) is 0.869. The van der Waals surface area contributed by atoms with Crippen LogP contribution in [0.5, 0.6) is 0 Å². The zero-order valence-corrected chi connectivity index (χ0v) is 9.61. The molecule has 0 saturated heterocycles. The number of nitrogens with zero attached hydrogens (tertiary/aromatic N) is 2. The van der Waals surface area contributed by atoms with Crippen LogP contribution in [0.15, 0.2) is 34.8 Å². The van der Waals surface area contributed by atoms with Crippen molar-refractivity contribution in [3.05, 3.63) is 40.5 Å². The highest BCUT2D eigenvalue weighted by atomic mass is 79.9. The van der Waals surface area contributed by atoms with Crippen LogP contribution in [0.25, 0.3) is 5.69 Å². The zero-order valence-electron chi connectivity index (χ0n) is 8.02. The molecule has 2 rings (SSSR count). The normalized spacial score (nSPS) is 10.5. The summed E-state index contributed by atoms with van der Waals surface area (Å²) in [5.74, 6) is 0.485. The first-order valence-electron chi connectivity index (χ1n) is 4.51. The number of rotatable bonds is 2. The van der Waals surface area contributed by atoms with E-state index in [1.54, 1.807) is 10.7 Å². The molecule has 5 heteroatoms. The predicted octanol–water partition coefficient (Wildman–Crippen LogP) is 1.68. The number of halogens is 1. The van der Waals surface area contributed by atoms with Gasteiger partial charge >= 0.3 is 0 Å². The van der Waals surface area contributed by atoms with Crippen molar-refractivity contribution in [1.29, 1.82) is 0 Å². The number of aromatic nitrogens is 2. The SMILES string of the molecule is NCc1cc(N)nn1-c1ccc(Br)cc1. The van der Waals surface area contributed by atoms with Crippen molar-refractivity contribution in [3.63, 3.8) is 0 Å². The van der Waals surface area contributed by atoms with E-state index in [1.807, 2.05) is 24.3 Å². The second-order valence-electron chi connectivity index (χ2n) is 3.15. The third kappa shape index (κ3) is 2.03. The van der Waals surface area contributed by atoms with Crippen LogP contribution in [0.4, 0.5) is 5.82 Å². The second kappa shape index (κ2) is 4.04. The molecule has 0 aliphatic carbocycles. The zero-order chi connectivity index (χ0) is 10.8. The van der Waals surface area contributed by atoms with Gasteiger partial charge in [0.05, 0.1) is 11.4 Å². The molecule has 0 fully saturated rings. The largest absolute Gasteiger partial charge is 0.382 e. The molecule has 0 aliphatic heterocycles. The number of anilines is 1. The molecule has 0 atom stereocenters. The van der Waals surface area contributed by atoms with Crippen LogP contribution in [0, 0.1) is 0 Å². The summed E-state index contributed by atoms with van der Waals surface area (Å²) >= 11 is 3.38. The van der Waals surface area contributed by atoms with Gasteiger partial charge in [0.1, 0.15) is 5.82 Å². The Morgan fingerprint density at radius 2 is 1.93 bits per heavy atom. The maximum Gasteiger partial charge on any atom is 0.146 e. The second-order valence-corrected chi connectivity index (χ2v) is 4.07. The molecule has 0 radical (unpaired) electrons. The molecule has 15 heavy (non-hydrogen) atoms. The fourth-order valence-electron chi connectivity index (χ4n) is 1.39. The Kier molecular flexibility index (Phi) is 2.75. The van der Waals surface area contributed by atoms with Gasteiger partial charge in [0, 0.05) is 17.1 Å². The van der Waals surface area contributed by atoms with Gasteiger partial charge in [0.2, 0.25) is 0 Å². The van der Waals surface area contributed by atoms with E-state index in [0.717, 1.165) is 15.9 Å². The van der Waals surface area contributed by atoms with Crippen LogP contribution in [0.2, 0.25) is 0 Å². The molecule has 0 unspecified atom stereocenters. The van der Waals surface area contributed by atoms with E-state index in [9.17, 15) is 0 Å². The topological polar surface area (TPSA) is 69.9 Å². The first-order chi connectivity index (χ1) is 7.20. The molecule has 0 aliphatic rings. The van der Waals surface area contributed by atoms with E-state index in [4.69, 9.17) is 11.5 Å². The molecule has 4 nitrogen and oxygen atoms in total. The molecule has 2 aromatic rings. The summed E-state index contributed by atoms with van der Waals surface area (Å²) in [5.41, 5.74) is 13.1. The fourth-order valence-corrected chi connectivity index (χ4v) is 1.66. The van der Waals surface area contributed by atoms with Gasteiger partial charge in [-0.3, -0.25) is 0 Å². The van der Waals surface area contributed by atoms with Crippen molar-refractivity contribution in [3.8, 4) is 5.69 Å². The van der Waals surface area contributed by atoms with Gasteiger partial charge in [-0.25, -0.2) is 4.68 Å². The van der Waals surface area contributed by atoms with Crippen molar-refractivity contribution in [2.24, 2.45) is 5.73 Å². The first kappa shape index (κ1) is 10.2. The van der Waals surface area contributed by atoms with E-state index in [2.05, 4.69) is 21.0 Å². The molecule has 0 amide bonds. The van der Waals surface area contributed by atoms with E-state index >= 15 is 0 Å². The smallest absolute Gasteiger partial charge is 0.146 e. The Morgan fingerprint density at radius 3 is 2.53 bits per heavy atom. The molecule has 0 bridgehead atoms. The van der Waals surface area contributed by atoms with E-state index in [0.29, 0.717) is 12.4 Å². The minimum atomic E-state index is 0.417. The highest BCUT2D eigenvalue weighted by Crippen LogP contribution is 2.16. The summed E-state index contributed by atoms with van der Waals surface area (Å²) in [6.45, 7) is 0.417. The lowest BCUT2D eigenvalue weighted by molar-refractivity contribution is 0.806. The molecule has 1 aromatic heterocycles. The minimum Gasteiger partial charge on any atom is -0.382 e. The van der Waals surface area contributed by atoms with Gasteiger partial charge in [-0.1, -0.05) is 15.9 Å². The monoisotopic (exact) mass is 266 g/mol. The predicted molar refractivity (Wildman–Crippen MR) is 63.6 cm³/mol. The summed E-state index contributed by atoms with van der Waals surface area (Å²) < 4.78 is 2.78. The Hall–Kier alpha value is -1.33. The average molecular weight is 267 g/mol. The maximum absolute atomic E-state index is 5.63. The van der Waals surface area contributed by atoms with Crippen molar-refractivity contribution in [2.45, 2.75) is 6.54 Å². The van der Waals surface area contributed by atoms with Crippen molar-refractivity contribution < 1.29 is 0 Å². The summed E-state index contributed by atoms with van der Waals surface area (Å²) in [6.07, 6.45) is 0. The van der Waals surface area contributed by atoms with Crippen LogP contribution in [0.1, 0.15) is 5.69 Å². The lowest BCUT2D eigenvalue weighted by atomic mass is 10.3. The van der Waals surface area contributed by atoms with Gasteiger partial charge in [-0.2, -0.15) is 5.10 Å². The first-order valence-corrected chi connectivity index (χ1v) is 5.30. The number of nitrogen functional groups attached to an aromatic ring is 1. The number of benzene rings is 1. The number of hydrogen-bond donors (Lipinski definition) is 2. The minimum absolute atomic E-state index is 0.417. The summed E-state index contributed by atoms with van der Waals surface area (Å²) in [7, 11) is 0. The Labute approximate surface area is 96.0 Å². The third-order valence-corrected chi connectivity index (χ3v) is 2.61. The van der Waals surface area contributed by atoms with Gasteiger partial charge in [0.15, 0.2) is 0 Å². The molecular weight excluding hydrogens is 256 g/mol. The molecule has 1 heterocycles. The van der Waals surface area contributed by atoms with Crippen LogP contribution < -0.4 is 11.5 Å². The molecule has 0 spiro atoms. The number of nitrogens with two attached hydrogens (primary N) is 2. The van der Waals surface area contributed by atoms with E-state index in [-0.39, 0.29) is 0 Å². The van der Waals surface area contributed by atoms with Gasteiger partial charge in [-0.05, 0) is 24.3 Å². The average Bonchev–Trinajstić information content (AvgIpc) is 2.61. The Morgan fingerprint density at radius 1 is 1.27 bits per heavy atom. The van der Waals surface area contributed by atoms with E-state index < -0.39 is 0 Å². The van der Waals surface area contributed by atoms with Crippen LogP contribution in [-0.2, 0) is 6.54 Å². The Bertz CT molecular complexity index is 461. The number of hydrogen-bond acceptors (Lipinski definition) is 3. The summed E-state index contributed by atoms with van der Waals surface area (Å²) in [5, 5.41) is 4.18. The Balaban J connectivity index is 2.48. The summed E-state index contributed by atoms with van der Waals surface area (Å²) in [4.78, 5) is 0. The van der Waals surface area contributed by atoms with Gasteiger partial charge in [-0.15, -0.1) is 0 Å². The molecule has 0 saturated carbocycles. The summed E-state index contributed by atoms with van der Waals surface area (Å²) in [6, 6.07) is 9.59. The highest BCUT2D eigenvalue weighted by Gasteiger charge is 2.05.